The molecule has 0 saturated carbocycles. The average molecular weight is 508 g/mol. The summed E-state index contributed by atoms with van der Waals surface area (Å²) < 4.78 is 13.9. The second-order valence-corrected chi connectivity index (χ2v) is 8.99. The number of nitrogens with zero attached hydrogens (tertiary/aromatic N) is 6. The Hall–Kier alpha value is -5.19. The maximum absolute atomic E-state index is 13.9. The third-order valence-electron chi connectivity index (χ3n) is 6.17. The SMILES string of the molecule is CN(C)C(=O)Nc1cncc(-c2cnc3n[nH]c(C4=Nc5c(cncc5-c5cccc(F)c5)NC4)c3c2)c1. The van der Waals surface area contributed by atoms with Gasteiger partial charge in [0.05, 0.1) is 47.4 Å². The Balaban J connectivity index is 1.40. The minimum atomic E-state index is -0.328. The molecule has 0 saturated heterocycles. The van der Waals surface area contributed by atoms with Crippen molar-refractivity contribution in [1.29, 1.82) is 0 Å². The van der Waals surface area contributed by atoms with E-state index in [9.17, 15) is 9.18 Å². The third-order valence-corrected chi connectivity index (χ3v) is 6.17. The van der Waals surface area contributed by atoms with Crippen LogP contribution in [0.25, 0.3) is 33.3 Å². The number of benzene rings is 1. The van der Waals surface area contributed by atoms with Crippen LogP contribution in [0.4, 0.5) is 26.2 Å². The van der Waals surface area contributed by atoms with Gasteiger partial charge in [-0.25, -0.2) is 19.2 Å². The number of rotatable bonds is 4. The van der Waals surface area contributed by atoms with Crippen LogP contribution in [-0.4, -0.2) is 62.4 Å². The first kappa shape index (κ1) is 23.2. The first-order chi connectivity index (χ1) is 18.5. The molecule has 0 bridgehead atoms. The van der Waals surface area contributed by atoms with Gasteiger partial charge in [-0.05, 0) is 29.8 Å². The number of hydrogen-bond acceptors (Lipinski definition) is 7. The van der Waals surface area contributed by atoms with Gasteiger partial charge in [-0.15, -0.1) is 0 Å². The minimum absolute atomic E-state index is 0.245. The van der Waals surface area contributed by atoms with Crippen LogP contribution in [0.3, 0.4) is 0 Å². The number of aliphatic imine (C=N–C) groups is 1. The highest BCUT2D eigenvalue weighted by molar-refractivity contribution is 6.14. The highest BCUT2D eigenvalue weighted by Gasteiger charge is 2.21. The van der Waals surface area contributed by atoms with Gasteiger partial charge in [-0.3, -0.25) is 15.1 Å². The lowest BCUT2D eigenvalue weighted by Gasteiger charge is -2.19. The lowest BCUT2D eigenvalue weighted by molar-refractivity contribution is 0.230. The highest BCUT2D eigenvalue weighted by Crippen LogP contribution is 2.38. The number of carbonyl (C=O) groups is 1. The van der Waals surface area contributed by atoms with Gasteiger partial charge in [0.25, 0.3) is 0 Å². The van der Waals surface area contributed by atoms with Crippen molar-refractivity contribution < 1.29 is 9.18 Å². The Bertz CT molecular complexity index is 1730. The number of aromatic amines is 1. The number of H-pyrrole nitrogens is 1. The quantitative estimate of drug-likeness (QED) is 0.319. The summed E-state index contributed by atoms with van der Waals surface area (Å²) in [5.74, 6) is -0.328. The molecule has 0 aliphatic carbocycles. The fourth-order valence-corrected chi connectivity index (χ4v) is 4.25. The first-order valence-corrected chi connectivity index (χ1v) is 11.8. The van der Waals surface area contributed by atoms with E-state index in [-0.39, 0.29) is 11.8 Å². The van der Waals surface area contributed by atoms with Gasteiger partial charge in [0.15, 0.2) is 5.65 Å². The number of aromatic nitrogens is 5. The molecule has 1 aliphatic heterocycles. The van der Waals surface area contributed by atoms with Gasteiger partial charge in [0.1, 0.15) is 5.82 Å². The second-order valence-electron chi connectivity index (χ2n) is 8.99. The van der Waals surface area contributed by atoms with Crippen molar-refractivity contribution in [3.63, 3.8) is 0 Å². The molecule has 0 radical (unpaired) electrons. The van der Waals surface area contributed by atoms with Crippen LogP contribution >= 0.6 is 0 Å². The zero-order valence-electron chi connectivity index (χ0n) is 20.5. The van der Waals surface area contributed by atoms with E-state index >= 15 is 0 Å². The molecule has 1 aliphatic rings. The summed E-state index contributed by atoms with van der Waals surface area (Å²) >= 11 is 0. The van der Waals surface area contributed by atoms with E-state index in [4.69, 9.17) is 4.99 Å². The van der Waals surface area contributed by atoms with Crippen molar-refractivity contribution in [2.24, 2.45) is 4.99 Å². The highest BCUT2D eigenvalue weighted by atomic mass is 19.1. The molecule has 0 spiro atoms. The molecule has 4 aromatic heterocycles. The van der Waals surface area contributed by atoms with E-state index in [1.54, 1.807) is 51.1 Å². The molecule has 6 rings (SSSR count). The number of fused-ring (bicyclic) bond motifs is 2. The summed E-state index contributed by atoms with van der Waals surface area (Å²) in [6.07, 6.45) is 8.40. The summed E-state index contributed by atoms with van der Waals surface area (Å²) in [5.41, 5.74) is 7.01. The van der Waals surface area contributed by atoms with Crippen molar-refractivity contribution in [3.05, 3.63) is 78.9 Å². The van der Waals surface area contributed by atoms with Crippen molar-refractivity contribution >= 4 is 39.8 Å². The number of halogens is 1. The number of pyridine rings is 3. The molecule has 11 heteroatoms. The molecule has 38 heavy (non-hydrogen) atoms. The third kappa shape index (κ3) is 4.30. The Kier molecular flexibility index (Phi) is 5.72. The van der Waals surface area contributed by atoms with Gasteiger partial charge in [-0.2, -0.15) is 5.10 Å². The Morgan fingerprint density at radius 2 is 1.84 bits per heavy atom. The summed E-state index contributed by atoms with van der Waals surface area (Å²) in [5, 5.41) is 14.4. The van der Waals surface area contributed by atoms with Crippen LogP contribution in [0.15, 0.2) is 72.4 Å². The number of hydrogen-bond donors (Lipinski definition) is 3. The molecular weight excluding hydrogens is 485 g/mol. The van der Waals surface area contributed by atoms with E-state index in [0.29, 0.717) is 29.1 Å². The van der Waals surface area contributed by atoms with Gasteiger partial charge in [0.2, 0.25) is 0 Å². The predicted molar refractivity (Wildman–Crippen MR) is 144 cm³/mol. The molecule has 3 N–H and O–H groups in total. The van der Waals surface area contributed by atoms with Gasteiger partial charge in [-0.1, -0.05) is 12.1 Å². The largest absolute Gasteiger partial charge is 0.376 e. The maximum Gasteiger partial charge on any atom is 0.321 e. The normalized spacial score (nSPS) is 12.4. The van der Waals surface area contributed by atoms with Crippen molar-refractivity contribution in [2.75, 3.05) is 31.3 Å². The summed E-state index contributed by atoms with van der Waals surface area (Å²) in [6.45, 7) is 0.441. The molecule has 10 nitrogen and oxygen atoms in total. The first-order valence-electron chi connectivity index (χ1n) is 11.8. The molecule has 0 unspecified atom stereocenters. The molecule has 188 valence electrons. The fraction of sp³-hybridized carbons (Fsp3) is 0.111. The maximum atomic E-state index is 13.9. The smallest absolute Gasteiger partial charge is 0.321 e. The van der Waals surface area contributed by atoms with Gasteiger partial charge >= 0.3 is 6.03 Å². The number of carbonyl (C=O) groups excluding carboxylic acids is 1. The topological polar surface area (TPSA) is 124 Å². The number of anilines is 2. The zero-order valence-corrected chi connectivity index (χ0v) is 20.5. The van der Waals surface area contributed by atoms with Crippen molar-refractivity contribution in [1.82, 2.24) is 30.0 Å². The monoisotopic (exact) mass is 507 g/mol. The Morgan fingerprint density at radius 1 is 1.00 bits per heavy atom. The lowest BCUT2D eigenvalue weighted by atomic mass is 10.0. The van der Waals surface area contributed by atoms with Crippen LogP contribution in [-0.2, 0) is 0 Å². The molecule has 1 aromatic carbocycles. The number of urea groups is 1. The van der Waals surface area contributed by atoms with Crippen LogP contribution in [0.5, 0.6) is 0 Å². The molecular formula is C27H22FN9O. The Morgan fingerprint density at radius 3 is 2.68 bits per heavy atom. The van der Waals surface area contributed by atoms with E-state index in [1.807, 2.05) is 18.2 Å². The van der Waals surface area contributed by atoms with Gasteiger partial charge in [0, 0.05) is 54.8 Å². The molecule has 0 fully saturated rings. The van der Waals surface area contributed by atoms with Crippen LogP contribution in [0.1, 0.15) is 5.69 Å². The summed E-state index contributed by atoms with van der Waals surface area (Å²) in [4.78, 5) is 31.5. The lowest BCUT2D eigenvalue weighted by Crippen LogP contribution is -2.27. The van der Waals surface area contributed by atoms with Crippen molar-refractivity contribution in [2.45, 2.75) is 0 Å². The predicted octanol–water partition coefficient (Wildman–Crippen LogP) is 4.86. The molecule has 0 atom stereocenters. The summed E-state index contributed by atoms with van der Waals surface area (Å²) in [6, 6.07) is 9.92. The van der Waals surface area contributed by atoms with E-state index in [2.05, 4.69) is 35.8 Å². The second kappa shape index (κ2) is 9.36. The van der Waals surface area contributed by atoms with E-state index in [1.165, 1.54) is 17.0 Å². The zero-order chi connectivity index (χ0) is 26.2. The molecule has 2 amide bonds. The van der Waals surface area contributed by atoms with Crippen LogP contribution in [0.2, 0.25) is 0 Å². The number of amides is 2. The van der Waals surface area contributed by atoms with Crippen molar-refractivity contribution in [3.8, 4) is 22.3 Å². The average Bonchev–Trinajstić information content (AvgIpc) is 3.36. The standard InChI is InChI=1S/C27H22FN9O/c1-37(2)27(38)33-19-7-16(9-29-11-19)17-8-20-25(35-36-26(20)32-10-17)23-14-31-22-13-30-12-21(24(22)34-23)15-4-3-5-18(28)6-15/h3-13,31H,14H2,1-2H3,(H,33,38)(H,32,35,36). The fourth-order valence-electron chi connectivity index (χ4n) is 4.25. The molecule has 5 heterocycles. The van der Waals surface area contributed by atoms with Crippen LogP contribution in [0, 0.1) is 5.82 Å². The van der Waals surface area contributed by atoms with E-state index in [0.717, 1.165) is 39.2 Å². The van der Waals surface area contributed by atoms with E-state index < -0.39 is 0 Å². The summed E-state index contributed by atoms with van der Waals surface area (Å²) in [7, 11) is 3.34. The number of nitrogens with one attached hydrogen (secondary N) is 3. The molecule has 5 aromatic rings. The van der Waals surface area contributed by atoms with Gasteiger partial charge < -0.3 is 15.5 Å². The Labute approximate surface area is 216 Å². The van der Waals surface area contributed by atoms with Crippen LogP contribution < -0.4 is 10.6 Å². The minimum Gasteiger partial charge on any atom is -0.376 e.